The van der Waals surface area contributed by atoms with E-state index in [4.69, 9.17) is 23.4 Å². The number of fused-ring (bicyclic) bond motifs is 7. The molecular weight excluding hydrogens is 818 g/mol. The average molecular weight is 894 g/mol. The Morgan fingerprint density at radius 1 is 0.905 bits per heavy atom. The molecule has 0 saturated heterocycles. The van der Waals surface area contributed by atoms with E-state index in [0.717, 1.165) is 56.1 Å². The summed E-state index contributed by atoms with van der Waals surface area (Å²) < 4.78 is 15.6. The van der Waals surface area contributed by atoms with Crippen LogP contribution in [-0.2, 0) is 23.9 Å². The minimum absolute atomic E-state index is 0.0216. The van der Waals surface area contributed by atoms with Gasteiger partial charge < -0.3 is 31.3 Å². The summed E-state index contributed by atoms with van der Waals surface area (Å²) in [5, 5.41) is 28.0. The number of ether oxygens (including phenoxy) is 1. The molecule has 5 saturated carbocycles. The number of carbonyl (C=O) groups excluding carboxylic acids is 4. The monoisotopic (exact) mass is 893 g/mol. The van der Waals surface area contributed by atoms with Crippen molar-refractivity contribution in [2.24, 2.45) is 73.7 Å². The van der Waals surface area contributed by atoms with E-state index in [-0.39, 0.29) is 82.8 Å². The maximum Gasteiger partial charge on any atom is 0.309 e. The van der Waals surface area contributed by atoms with E-state index in [1.165, 1.54) is 12.1 Å². The second kappa shape index (κ2) is 16.9. The molecule has 0 bridgehead atoms. The second-order valence-corrected chi connectivity index (χ2v) is 23.1. The van der Waals surface area contributed by atoms with Crippen LogP contribution in [0, 0.1) is 68.0 Å². The van der Waals surface area contributed by atoms with Crippen molar-refractivity contribution in [1.82, 2.24) is 10.6 Å². The molecule has 1 aromatic carbocycles. The molecular formula is C51H74ClN3O8. The number of allylic oxidation sites excluding steroid dienone is 1. The largest absolute Gasteiger partial charge is 0.481 e. The number of amides is 2. The molecule has 6 aliphatic carbocycles. The summed E-state index contributed by atoms with van der Waals surface area (Å²) in [5.41, 5.74) is 5.86. The highest BCUT2D eigenvalue weighted by Gasteiger charge is 2.71. The Morgan fingerprint density at radius 2 is 1.59 bits per heavy atom. The molecule has 0 spiro atoms. The number of nitrogens with two attached hydrogens (primary N) is 1. The van der Waals surface area contributed by atoms with Crippen LogP contribution in [0.25, 0.3) is 0 Å². The van der Waals surface area contributed by atoms with Gasteiger partial charge in [-0.2, -0.15) is 0 Å². The Morgan fingerprint density at radius 3 is 2.21 bits per heavy atom. The van der Waals surface area contributed by atoms with Gasteiger partial charge in [0.15, 0.2) is 5.78 Å². The number of aliphatic carboxylic acids is 1. The third-order valence-electron chi connectivity index (χ3n) is 18.9. The third kappa shape index (κ3) is 7.59. The first-order valence-corrected chi connectivity index (χ1v) is 24.1. The van der Waals surface area contributed by atoms with Crippen LogP contribution in [0.15, 0.2) is 35.4 Å². The molecule has 7 rings (SSSR count). The lowest BCUT2D eigenvalue weighted by Crippen LogP contribution is -2.66. The van der Waals surface area contributed by atoms with Crippen molar-refractivity contribution in [2.45, 2.75) is 158 Å². The predicted octanol–water partition coefficient (Wildman–Crippen LogP) is 8.29. The highest BCUT2D eigenvalue weighted by Crippen LogP contribution is 2.77. The van der Waals surface area contributed by atoms with Crippen molar-refractivity contribution >= 4 is 41.1 Å². The van der Waals surface area contributed by atoms with Gasteiger partial charge in [0.25, 0.3) is 5.91 Å². The molecule has 12 heteroatoms. The number of carboxylic acid groups (broad SMARTS) is 1. The van der Waals surface area contributed by atoms with Gasteiger partial charge in [0.05, 0.1) is 19.3 Å². The SMILES string of the molecule is [2H]C(CCCN)(NC(=O)c1ccc(Cl)cc1)C(=O)NC[C@H](O)[C@@]12CC[C@]3(C)[C@H](CC[C@@H]4[C@@]5(C)CC[C@H](OC(=O)[C@H]6C[C@@H](C(=O)O)C6(C)C)C(C)(C)[C@@H]5CC[C@]43C)C1=C(C(C)C)C(=O)C2. The number of hydrogen-bond donors (Lipinski definition) is 5. The molecule has 11 nitrogen and oxygen atoms in total. The molecule has 2 amide bonds. The van der Waals surface area contributed by atoms with E-state index in [1.54, 1.807) is 12.1 Å². The fourth-order valence-electron chi connectivity index (χ4n) is 15.1. The van der Waals surface area contributed by atoms with Crippen molar-refractivity contribution in [3.8, 4) is 0 Å². The normalized spacial score (nSPS) is 38.0. The number of carboxylic acids is 1. The number of carbonyl (C=O) groups is 5. The number of aliphatic hydroxyl groups excluding tert-OH is 1. The predicted molar refractivity (Wildman–Crippen MR) is 242 cm³/mol. The molecule has 1 aromatic rings. The van der Waals surface area contributed by atoms with Crippen LogP contribution in [0.3, 0.4) is 0 Å². The summed E-state index contributed by atoms with van der Waals surface area (Å²) >= 11 is 6.02. The zero-order valence-electron chi connectivity index (χ0n) is 40.1. The molecule has 0 aromatic heterocycles. The second-order valence-electron chi connectivity index (χ2n) is 22.7. The average Bonchev–Trinajstić information content (AvgIpc) is 3.53. The maximum absolute atomic E-state index is 14.3. The third-order valence-corrected chi connectivity index (χ3v) is 19.2. The minimum Gasteiger partial charge on any atom is -0.481 e. The number of halogens is 1. The maximum atomic E-state index is 14.3. The van der Waals surface area contributed by atoms with Gasteiger partial charge in [0.2, 0.25) is 5.91 Å². The Balaban J connectivity index is 1.11. The molecule has 5 fully saturated rings. The first kappa shape index (κ1) is 46.3. The van der Waals surface area contributed by atoms with Gasteiger partial charge in [-0.05, 0) is 152 Å². The Labute approximate surface area is 381 Å². The summed E-state index contributed by atoms with van der Waals surface area (Å²) in [4.78, 5) is 67.0. The number of hydrogen-bond acceptors (Lipinski definition) is 8. The number of esters is 1. The number of ketones is 1. The smallest absolute Gasteiger partial charge is 0.309 e. The van der Waals surface area contributed by atoms with Crippen LogP contribution in [0.2, 0.25) is 5.02 Å². The number of benzene rings is 1. The summed E-state index contributed by atoms with van der Waals surface area (Å²) in [5.74, 6) is -2.69. The topological polar surface area (TPSA) is 185 Å². The molecule has 348 valence electrons. The standard InChI is InChI=1S/C51H74ClN3O8/c1-28(2)40-35(56)26-51(38(57)27-54-43(59)34(11-10-24-53)55-42(58)29-12-14-30(52)15-13-29)23-22-49(8)31(41(40)51)16-17-37-48(7)20-19-39(47(5,6)36(48)18-21-50(37,49)9)63-45(62)33-25-32(44(60)61)46(33,3)4/h12-15,28,31-34,36-39,57H,10-11,16-27,53H2,1-9H3,(H,54,59)(H,55,58)(H,60,61)/t31-,32+,33-,34?,36+,37-,38+,39+,48+,49-,50-,51+/m1/s1/i34D. The first-order valence-electron chi connectivity index (χ1n) is 24.2. The minimum atomic E-state index is -2.05. The van der Waals surface area contributed by atoms with Crippen molar-refractivity contribution < 1.29 is 40.3 Å². The summed E-state index contributed by atoms with van der Waals surface area (Å²) in [6.07, 6.45) is 6.32. The van der Waals surface area contributed by atoms with E-state index in [1.807, 2.05) is 13.8 Å². The fourth-order valence-corrected chi connectivity index (χ4v) is 15.2. The molecule has 63 heavy (non-hydrogen) atoms. The molecule has 0 radical (unpaired) electrons. The number of Topliss-reactive ketones (excluding diaryl/α,β-unsaturated/α-hetero) is 1. The van der Waals surface area contributed by atoms with E-state index in [9.17, 15) is 34.2 Å². The van der Waals surface area contributed by atoms with E-state index >= 15 is 0 Å². The van der Waals surface area contributed by atoms with Gasteiger partial charge in [0.1, 0.15) is 12.1 Å². The van der Waals surface area contributed by atoms with Gasteiger partial charge in [0, 0.05) is 34.4 Å². The zero-order valence-corrected chi connectivity index (χ0v) is 39.9. The lowest BCUT2D eigenvalue weighted by Gasteiger charge is -2.72. The van der Waals surface area contributed by atoms with Gasteiger partial charge in [-0.1, -0.05) is 79.5 Å². The Bertz CT molecular complexity index is 2090. The quantitative estimate of drug-likeness (QED) is 0.122. The molecule has 1 unspecified atom stereocenters. The summed E-state index contributed by atoms with van der Waals surface area (Å²) in [7, 11) is 0. The fraction of sp³-hybridized carbons (Fsp3) is 0.745. The van der Waals surface area contributed by atoms with E-state index in [0.29, 0.717) is 36.1 Å². The zero-order chi connectivity index (χ0) is 47.2. The number of rotatable bonds is 13. The van der Waals surface area contributed by atoms with Crippen molar-refractivity contribution in [2.75, 3.05) is 13.1 Å². The highest BCUT2D eigenvalue weighted by molar-refractivity contribution is 6.30. The van der Waals surface area contributed by atoms with E-state index < -0.39 is 52.6 Å². The number of aliphatic hydroxyl groups is 1. The van der Waals surface area contributed by atoms with Crippen LogP contribution < -0.4 is 16.4 Å². The highest BCUT2D eigenvalue weighted by atomic mass is 35.5. The molecule has 0 heterocycles. The van der Waals surface area contributed by atoms with Crippen molar-refractivity contribution in [3.63, 3.8) is 0 Å². The summed E-state index contributed by atoms with van der Waals surface area (Å²) in [6, 6.07) is 4.13. The van der Waals surface area contributed by atoms with Crippen molar-refractivity contribution in [1.29, 1.82) is 0 Å². The van der Waals surface area contributed by atoms with Gasteiger partial charge >= 0.3 is 11.9 Å². The summed E-state index contributed by atoms with van der Waals surface area (Å²) in [6.45, 7) is 19.8. The molecule has 6 N–H and O–H groups in total. The first-order chi connectivity index (χ1) is 29.7. The van der Waals surface area contributed by atoms with Crippen molar-refractivity contribution in [3.05, 3.63) is 46.0 Å². The van der Waals surface area contributed by atoms with Crippen LogP contribution in [-0.4, -0.2) is 71.1 Å². The van der Waals surface area contributed by atoms with Gasteiger partial charge in [-0.15, -0.1) is 0 Å². The Hall–Kier alpha value is -3.28. The van der Waals surface area contributed by atoms with Gasteiger partial charge in [-0.25, -0.2) is 0 Å². The lowest BCUT2D eigenvalue weighted by molar-refractivity contribution is -0.238. The van der Waals surface area contributed by atoms with Crippen LogP contribution in [0.5, 0.6) is 0 Å². The van der Waals surface area contributed by atoms with E-state index in [2.05, 4.69) is 59.1 Å². The molecule has 0 aliphatic heterocycles. The van der Waals surface area contributed by atoms with Gasteiger partial charge in [-0.3, -0.25) is 24.0 Å². The number of nitrogens with one attached hydrogen (secondary N) is 2. The lowest BCUT2D eigenvalue weighted by atomic mass is 9.33. The van der Waals surface area contributed by atoms with Crippen LogP contribution >= 0.6 is 11.6 Å². The van der Waals surface area contributed by atoms with Crippen LogP contribution in [0.1, 0.15) is 151 Å². The molecule has 6 aliphatic rings. The Kier molecular flexibility index (Phi) is 12.4. The van der Waals surface area contributed by atoms with Crippen LogP contribution in [0.4, 0.5) is 0 Å². The molecule has 12 atom stereocenters.